The molecule has 3 amide bonds. The van der Waals surface area contributed by atoms with E-state index in [1.54, 1.807) is 4.90 Å². The molecule has 0 bridgehead atoms. The molecule has 0 aliphatic rings. The molecule has 0 radical (unpaired) electrons. The van der Waals surface area contributed by atoms with E-state index in [0.717, 1.165) is 6.42 Å². The minimum Gasteiger partial charge on any atom is -0.481 e. The number of imide groups is 1. The van der Waals surface area contributed by atoms with Gasteiger partial charge in [-0.05, 0) is 18.9 Å². The Kier molecular flexibility index (Phi) is 9.36. The lowest BCUT2D eigenvalue weighted by Crippen LogP contribution is -2.45. The number of amides is 3. The Hall–Kier alpha value is -1.63. The monoisotopic (exact) mass is 287 g/mol. The molecule has 0 spiro atoms. The average Bonchev–Trinajstić information content (AvgIpc) is 2.33. The van der Waals surface area contributed by atoms with Gasteiger partial charge in [0.2, 0.25) is 5.91 Å². The van der Waals surface area contributed by atoms with Gasteiger partial charge in [0.15, 0.2) is 0 Å². The molecule has 0 saturated heterocycles. The van der Waals surface area contributed by atoms with Crippen LogP contribution in [0, 0.1) is 5.92 Å². The predicted octanol–water partition coefficient (Wildman–Crippen LogP) is 0.655. The molecular formula is C13H25N3O4. The van der Waals surface area contributed by atoms with E-state index in [9.17, 15) is 14.4 Å². The van der Waals surface area contributed by atoms with Crippen LogP contribution in [0.5, 0.6) is 0 Å². The molecule has 0 fully saturated rings. The molecule has 0 saturated carbocycles. The van der Waals surface area contributed by atoms with Gasteiger partial charge >= 0.3 is 12.0 Å². The fourth-order valence-corrected chi connectivity index (χ4v) is 1.49. The topological polar surface area (TPSA) is 98.7 Å². The highest BCUT2D eigenvalue weighted by molar-refractivity contribution is 5.95. The predicted molar refractivity (Wildman–Crippen MR) is 75.4 cm³/mol. The lowest BCUT2D eigenvalue weighted by atomic mass is 10.1. The van der Waals surface area contributed by atoms with Gasteiger partial charge in [-0.25, -0.2) is 4.79 Å². The van der Waals surface area contributed by atoms with Crippen molar-refractivity contribution in [2.45, 2.75) is 33.6 Å². The summed E-state index contributed by atoms with van der Waals surface area (Å²) in [5.74, 6) is -0.854. The van der Waals surface area contributed by atoms with Crippen molar-refractivity contribution in [1.29, 1.82) is 0 Å². The van der Waals surface area contributed by atoms with Crippen molar-refractivity contribution in [2.75, 3.05) is 26.2 Å². The van der Waals surface area contributed by atoms with Crippen LogP contribution < -0.4 is 10.6 Å². The minimum atomic E-state index is -0.907. The fraction of sp³-hybridized carbons (Fsp3) is 0.769. The van der Waals surface area contributed by atoms with Crippen molar-refractivity contribution in [2.24, 2.45) is 5.92 Å². The third-order valence-electron chi connectivity index (χ3n) is 2.72. The highest BCUT2D eigenvalue weighted by atomic mass is 16.4. The molecule has 0 aliphatic heterocycles. The van der Waals surface area contributed by atoms with E-state index in [0.29, 0.717) is 19.0 Å². The molecule has 0 aromatic carbocycles. The number of hydrogen-bond acceptors (Lipinski definition) is 4. The summed E-state index contributed by atoms with van der Waals surface area (Å²) in [6.07, 6.45) is 0.822. The first-order valence-electron chi connectivity index (χ1n) is 6.87. The second kappa shape index (κ2) is 10.2. The van der Waals surface area contributed by atoms with Crippen LogP contribution in [0.25, 0.3) is 0 Å². The maximum absolute atomic E-state index is 11.6. The largest absolute Gasteiger partial charge is 0.481 e. The van der Waals surface area contributed by atoms with Gasteiger partial charge in [-0.2, -0.15) is 0 Å². The fourth-order valence-electron chi connectivity index (χ4n) is 1.49. The molecule has 7 nitrogen and oxygen atoms in total. The number of carbonyl (C=O) groups is 3. The Morgan fingerprint density at radius 2 is 1.90 bits per heavy atom. The summed E-state index contributed by atoms with van der Waals surface area (Å²) in [5, 5.41) is 13.4. The standard InChI is InChI=1S/C13H25N3O4/c1-4-16(8-6-12(18)19)9-11(17)15-13(20)14-7-5-10(2)3/h10H,4-9H2,1-3H3,(H,18,19)(H2,14,15,17,20). The molecule has 3 N–H and O–H groups in total. The highest BCUT2D eigenvalue weighted by Gasteiger charge is 2.12. The summed E-state index contributed by atoms with van der Waals surface area (Å²) in [7, 11) is 0. The van der Waals surface area contributed by atoms with Gasteiger partial charge in [0.25, 0.3) is 0 Å². The number of carboxylic acid groups (broad SMARTS) is 1. The van der Waals surface area contributed by atoms with Gasteiger partial charge < -0.3 is 10.4 Å². The molecule has 0 heterocycles. The summed E-state index contributed by atoms with van der Waals surface area (Å²) in [6, 6.07) is -0.509. The number of aliphatic carboxylic acids is 1. The molecule has 0 atom stereocenters. The first-order chi connectivity index (χ1) is 9.35. The lowest BCUT2D eigenvalue weighted by Gasteiger charge is -2.18. The van der Waals surface area contributed by atoms with Crippen LogP contribution >= 0.6 is 0 Å². The summed E-state index contributed by atoms with van der Waals surface area (Å²) >= 11 is 0. The van der Waals surface area contributed by atoms with E-state index >= 15 is 0 Å². The van der Waals surface area contributed by atoms with Crippen molar-refractivity contribution in [3.05, 3.63) is 0 Å². The smallest absolute Gasteiger partial charge is 0.321 e. The molecule has 20 heavy (non-hydrogen) atoms. The Balaban J connectivity index is 3.94. The quantitative estimate of drug-likeness (QED) is 0.578. The van der Waals surface area contributed by atoms with Crippen LogP contribution in [0.4, 0.5) is 4.79 Å². The third-order valence-corrected chi connectivity index (χ3v) is 2.72. The molecule has 0 unspecified atom stereocenters. The summed E-state index contributed by atoms with van der Waals surface area (Å²) in [6.45, 7) is 7.30. The first kappa shape index (κ1) is 18.4. The molecule has 0 aromatic heterocycles. The molecule has 0 rings (SSSR count). The minimum absolute atomic E-state index is 0.0153. The zero-order valence-corrected chi connectivity index (χ0v) is 12.4. The van der Waals surface area contributed by atoms with E-state index < -0.39 is 17.9 Å². The maximum Gasteiger partial charge on any atom is 0.321 e. The van der Waals surface area contributed by atoms with E-state index in [2.05, 4.69) is 10.6 Å². The third kappa shape index (κ3) is 10.3. The number of likely N-dealkylation sites (N-methyl/N-ethyl adjacent to an activating group) is 1. The van der Waals surface area contributed by atoms with Crippen LogP contribution in [-0.2, 0) is 9.59 Å². The van der Waals surface area contributed by atoms with Gasteiger partial charge in [-0.1, -0.05) is 20.8 Å². The normalized spacial score (nSPS) is 10.7. The van der Waals surface area contributed by atoms with Crippen molar-refractivity contribution in [3.8, 4) is 0 Å². The average molecular weight is 287 g/mol. The summed E-state index contributed by atoms with van der Waals surface area (Å²) in [5.41, 5.74) is 0. The Bertz CT molecular complexity index is 332. The summed E-state index contributed by atoms with van der Waals surface area (Å²) < 4.78 is 0. The van der Waals surface area contributed by atoms with Gasteiger partial charge in [0.1, 0.15) is 0 Å². The van der Waals surface area contributed by atoms with Crippen LogP contribution in [0.15, 0.2) is 0 Å². The number of carbonyl (C=O) groups excluding carboxylic acids is 2. The molecule has 0 aromatic rings. The highest BCUT2D eigenvalue weighted by Crippen LogP contribution is 1.96. The number of urea groups is 1. The first-order valence-corrected chi connectivity index (χ1v) is 6.87. The van der Waals surface area contributed by atoms with Gasteiger partial charge in [-0.15, -0.1) is 0 Å². The Morgan fingerprint density at radius 1 is 1.25 bits per heavy atom. The Labute approximate surface area is 119 Å². The van der Waals surface area contributed by atoms with Gasteiger partial charge in [0.05, 0.1) is 13.0 Å². The number of rotatable bonds is 9. The van der Waals surface area contributed by atoms with E-state index in [1.807, 2.05) is 20.8 Å². The molecule has 0 aliphatic carbocycles. The number of nitrogens with zero attached hydrogens (tertiary/aromatic N) is 1. The summed E-state index contributed by atoms with van der Waals surface area (Å²) in [4.78, 5) is 35.2. The second-order valence-corrected chi connectivity index (χ2v) is 5.00. The second-order valence-electron chi connectivity index (χ2n) is 5.00. The van der Waals surface area contributed by atoms with Gasteiger partial charge in [-0.3, -0.25) is 19.8 Å². The molecular weight excluding hydrogens is 262 g/mol. The molecule has 7 heteroatoms. The Morgan fingerprint density at radius 3 is 2.40 bits per heavy atom. The number of nitrogens with one attached hydrogen (secondary N) is 2. The van der Waals surface area contributed by atoms with E-state index in [-0.39, 0.29) is 19.5 Å². The van der Waals surface area contributed by atoms with Crippen molar-refractivity contribution in [1.82, 2.24) is 15.5 Å². The van der Waals surface area contributed by atoms with E-state index in [4.69, 9.17) is 5.11 Å². The van der Waals surface area contributed by atoms with Crippen molar-refractivity contribution >= 4 is 17.9 Å². The zero-order valence-electron chi connectivity index (χ0n) is 12.4. The SMILES string of the molecule is CCN(CCC(=O)O)CC(=O)NC(=O)NCCC(C)C. The molecule has 116 valence electrons. The van der Waals surface area contributed by atoms with Crippen LogP contribution in [0.1, 0.15) is 33.6 Å². The van der Waals surface area contributed by atoms with E-state index in [1.165, 1.54) is 0 Å². The van der Waals surface area contributed by atoms with Crippen LogP contribution in [-0.4, -0.2) is 54.1 Å². The maximum atomic E-state index is 11.6. The van der Waals surface area contributed by atoms with Crippen LogP contribution in [0.2, 0.25) is 0 Å². The lowest BCUT2D eigenvalue weighted by molar-refractivity contribution is -0.137. The van der Waals surface area contributed by atoms with Gasteiger partial charge in [0, 0.05) is 13.1 Å². The van der Waals surface area contributed by atoms with Crippen molar-refractivity contribution < 1.29 is 19.5 Å². The number of hydrogen-bond donors (Lipinski definition) is 3. The zero-order chi connectivity index (χ0) is 15.5. The van der Waals surface area contributed by atoms with Crippen LogP contribution in [0.3, 0.4) is 0 Å². The number of carboxylic acids is 1. The van der Waals surface area contributed by atoms with Crippen molar-refractivity contribution in [3.63, 3.8) is 0 Å².